The van der Waals surface area contributed by atoms with Gasteiger partial charge in [-0.1, -0.05) is 33.6 Å². The standard InChI is InChI=1S/C28H48O6/c1-16(6-5-7-17(15-29)26(33)34-4)20-8-9-21-25-22(14-24(32)28(20,21)3)27(2)11-10-19(30)12-18(27)13-23(25)31/h16-25,29-32H,5-15H2,1-4H3/t16-,17?,18+,19-,20-,21+,22+,23-,24+,25+,27+,28-/m1/s1. The molecule has 6 heteroatoms. The second-order valence-corrected chi connectivity index (χ2v) is 12.8. The van der Waals surface area contributed by atoms with Gasteiger partial charge in [0.15, 0.2) is 0 Å². The van der Waals surface area contributed by atoms with Gasteiger partial charge in [-0.25, -0.2) is 0 Å². The summed E-state index contributed by atoms with van der Waals surface area (Å²) in [6.07, 6.45) is 7.78. The molecule has 0 aromatic rings. The van der Waals surface area contributed by atoms with E-state index in [1.54, 1.807) is 0 Å². The van der Waals surface area contributed by atoms with E-state index in [0.29, 0.717) is 36.0 Å². The number of hydrogen-bond acceptors (Lipinski definition) is 6. The fourth-order valence-electron chi connectivity index (χ4n) is 9.47. The number of ether oxygens (including phenoxy) is 1. The van der Waals surface area contributed by atoms with Crippen molar-refractivity contribution in [2.24, 2.45) is 52.3 Å². The third-order valence-electron chi connectivity index (χ3n) is 11.5. The number of fused-ring (bicyclic) bond motifs is 5. The second-order valence-electron chi connectivity index (χ2n) is 12.8. The van der Waals surface area contributed by atoms with Gasteiger partial charge in [0, 0.05) is 0 Å². The van der Waals surface area contributed by atoms with Crippen molar-refractivity contribution >= 4 is 5.97 Å². The van der Waals surface area contributed by atoms with Crippen LogP contribution in [0.2, 0.25) is 0 Å². The van der Waals surface area contributed by atoms with Crippen molar-refractivity contribution < 1.29 is 30.0 Å². The van der Waals surface area contributed by atoms with Gasteiger partial charge in [-0.2, -0.15) is 0 Å². The van der Waals surface area contributed by atoms with Gasteiger partial charge in [0.25, 0.3) is 0 Å². The molecule has 4 fully saturated rings. The average molecular weight is 481 g/mol. The summed E-state index contributed by atoms with van der Waals surface area (Å²) in [5, 5.41) is 42.9. The summed E-state index contributed by atoms with van der Waals surface area (Å²) in [4.78, 5) is 11.8. The van der Waals surface area contributed by atoms with Crippen molar-refractivity contribution in [3.8, 4) is 0 Å². The van der Waals surface area contributed by atoms with Crippen molar-refractivity contribution in [3.63, 3.8) is 0 Å². The molecule has 0 bridgehead atoms. The van der Waals surface area contributed by atoms with Crippen LogP contribution in [0.3, 0.4) is 0 Å². The molecule has 1 unspecified atom stereocenters. The molecule has 0 amide bonds. The lowest BCUT2D eigenvalue weighted by Gasteiger charge is -2.63. The van der Waals surface area contributed by atoms with Gasteiger partial charge in [-0.05, 0) is 97.7 Å². The van der Waals surface area contributed by atoms with E-state index in [4.69, 9.17) is 4.74 Å². The minimum Gasteiger partial charge on any atom is -0.469 e. The lowest BCUT2D eigenvalue weighted by atomic mass is 9.43. The van der Waals surface area contributed by atoms with Gasteiger partial charge >= 0.3 is 5.97 Å². The first-order valence-electron chi connectivity index (χ1n) is 13.8. The molecule has 4 aliphatic carbocycles. The molecular weight excluding hydrogens is 432 g/mol. The van der Waals surface area contributed by atoms with Crippen molar-refractivity contribution in [2.75, 3.05) is 13.7 Å². The maximum absolute atomic E-state index is 11.8. The summed E-state index contributed by atoms with van der Waals surface area (Å²) >= 11 is 0. The number of esters is 1. The zero-order valence-electron chi connectivity index (χ0n) is 21.7. The van der Waals surface area contributed by atoms with Crippen molar-refractivity contribution in [3.05, 3.63) is 0 Å². The van der Waals surface area contributed by atoms with Gasteiger partial charge in [0.1, 0.15) is 0 Å². The molecule has 4 N–H and O–H groups in total. The number of aliphatic hydroxyl groups is 4. The molecule has 4 saturated carbocycles. The summed E-state index contributed by atoms with van der Waals surface area (Å²) in [5.74, 6) is 1.23. The third-order valence-corrected chi connectivity index (χ3v) is 11.5. The summed E-state index contributed by atoms with van der Waals surface area (Å²) < 4.78 is 4.80. The van der Waals surface area contributed by atoms with E-state index >= 15 is 0 Å². The minimum atomic E-state index is -0.453. The molecule has 0 heterocycles. The molecule has 4 aliphatic rings. The predicted octanol–water partition coefficient (Wildman–Crippen LogP) is 3.54. The van der Waals surface area contributed by atoms with Crippen LogP contribution in [0, 0.1) is 52.3 Å². The topological polar surface area (TPSA) is 107 Å². The molecule has 196 valence electrons. The number of carbonyl (C=O) groups is 1. The Hall–Kier alpha value is -0.690. The van der Waals surface area contributed by atoms with Crippen LogP contribution < -0.4 is 0 Å². The van der Waals surface area contributed by atoms with Crippen molar-refractivity contribution in [1.82, 2.24) is 0 Å². The van der Waals surface area contributed by atoms with E-state index in [9.17, 15) is 25.2 Å². The molecule has 34 heavy (non-hydrogen) atoms. The lowest BCUT2D eigenvalue weighted by Crippen LogP contribution is -2.62. The highest BCUT2D eigenvalue weighted by Crippen LogP contribution is 2.68. The van der Waals surface area contributed by atoms with E-state index in [-0.39, 0.29) is 47.6 Å². The van der Waals surface area contributed by atoms with E-state index in [2.05, 4.69) is 20.8 Å². The Bertz CT molecular complexity index is 728. The molecule has 6 nitrogen and oxygen atoms in total. The van der Waals surface area contributed by atoms with Crippen LogP contribution in [0.25, 0.3) is 0 Å². The Morgan fingerprint density at radius 3 is 2.44 bits per heavy atom. The Morgan fingerprint density at radius 1 is 1.03 bits per heavy atom. The first kappa shape index (κ1) is 26.4. The third kappa shape index (κ3) is 4.25. The molecular formula is C28H48O6. The molecule has 0 aromatic carbocycles. The highest BCUT2D eigenvalue weighted by molar-refractivity contribution is 5.72. The van der Waals surface area contributed by atoms with Crippen LogP contribution >= 0.6 is 0 Å². The van der Waals surface area contributed by atoms with Crippen molar-refractivity contribution in [2.45, 2.75) is 103 Å². The van der Waals surface area contributed by atoms with Crippen LogP contribution in [0.5, 0.6) is 0 Å². The average Bonchev–Trinajstić information content (AvgIpc) is 3.16. The minimum absolute atomic E-state index is 0.0995. The second kappa shape index (κ2) is 9.99. The van der Waals surface area contributed by atoms with Gasteiger partial charge in [0.2, 0.25) is 0 Å². The first-order valence-corrected chi connectivity index (χ1v) is 13.8. The fourth-order valence-corrected chi connectivity index (χ4v) is 9.47. The Kier molecular flexibility index (Phi) is 7.75. The number of aliphatic hydroxyl groups excluding tert-OH is 4. The zero-order chi connectivity index (χ0) is 24.8. The normalized spacial score (nSPS) is 47.8. The summed E-state index contributed by atoms with van der Waals surface area (Å²) in [7, 11) is 1.36. The fraction of sp³-hybridized carbons (Fsp3) is 0.964. The molecule has 0 aromatic heterocycles. The van der Waals surface area contributed by atoms with Crippen molar-refractivity contribution in [1.29, 1.82) is 0 Å². The molecule has 0 saturated heterocycles. The van der Waals surface area contributed by atoms with Crippen LogP contribution in [-0.4, -0.2) is 58.4 Å². The number of methoxy groups -OCH3 is 1. The van der Waals surface area contributed by atoms with Crippen LogP contribution in [0.1, 0.15) is 85.0 Å². The highest BCUT2D eigenvalue weighted by Gasteiger charge is 2.65. The largest absolute Gasteiger partial charge is 0.469 e. The van der Waals surface area contributed by atoms with Gasteiger partial charge < -0.3 is 25.2 Å². The molecule has 0 spiro atoms. The highest BCUT2D eigenvalue weighted by atomic mass is 16.5. The summed E-state index contributed by atoms with van der Waals surface area (Å²) in [6.45, 7) is 6.75. The molecule has 12 atom stereocenters. The van der Waals surface area contributed by atoms with Gasteiger partial charge in [-0.3, -0.25) is 4.79 Å². The molecule has 0 radical (unpaired) electrons. The van der Waals surface area contributed by atoms with Gasteiger partial charge in [0.05, 0.1) is 37.9 Å². The molecule has 4 rings (SSSR count). The molecule has 0 aliphatic heterocycles. The van der Waals surface area contributed by atoms with E-state index in [1.807, 2.05) is 0 Å². The van der Waals surface area contributed by atoms with Gasteiger partial charge in [-0.15, -0.1) is 0 Å². The number of carbonyl (C=O) groups excluding carboxylic acids is 1. The first-order chi connectivity index (χ1) is 16.1. The van der Waals surface area contributed by atoms with Crippen LogP contribution in [0.4, 0.5) is 0 Å². The van der Waals surface area contributed by atoms with E-state index < -0.39 is 5.92 Å². The van der Waals surface area contributed by atoms with E-state index in [0.717, 1.165) is 57.8 Å². The number of rotatable bonds is 7. The summed E-state index contributed by atoms with van der Waals surface area (Å²) in [5.41, 5.74) is -0.0972. The summed E-state index contributed by atoms with van der Waals surface area (Å²) in [6, 6.07) is 0. The smallest absolute Gasteiger partial charge is 0.310 e. The maximum atomic E-state index is 11.8. The Labute approximate surface area is 205 Å². The predicted molar refractivity (Wildman–Crippen MR) is 130 cm³/mol. The lowest BCUT2D eigenvalue weighted by molar-refractivity contribution is -0.207. The van der Waals surface area contributed by atoms with Crippen LogP contribution in [0.15, 0.2) is 0 Å². The Balaban J connectivity index is 1.47. The maximum Gasteiger partial charge on any atom is 0.310 e. The Morgan fingerprint density at radius 2 is 1.76 bits per heavy atom. The van der Waals surface area contributed by atoms with E-state index in [1.165, 1.54) is 7.11 Å². The SMILES string of the molecule is COC(=O)C(CO)CCC[C@@H](C)[C@H]1CC[C@H]2[C@@H]3[C@H](O)C[C@@H]4C[C@H](O)CC[C@]4(C)[C@H]3C[C@H](O)[C@]12C. The monoisotopic (exact) mass is 480 g/mol. The number of hydrogen-bond donors (Lipinski definition) is 4. The van der Waals surface area contributed by atoms with Crippen LogP contribution in [-0.2, 0) is 9.53 Å². The quantitative estimate of drug-likeness (QED) is 0.415. The zero-order valence-corrected chi connectivity index (χ0v) is 21.7.